The van der Waals surface area contributed by atoms with Crippen LogP contribution in [-0.2, 0) is 19.3 Å². The van der Waals surface area contributed by atoms with Gasteiger partial charge in [-0.05, 0) is 43.7 Å². The van der Waals surface area contributed by atoms with Crippen LogP contribution in [0.1, 0.15) is 36.7 Å². The lowest BCUT2D eigenvalue weighted by atomic mass is 9.98. The van der Waals surface area contributed by atoms with E-state index in [0.717, 1.165) is 6.42 Å². The second-order valence-corrected chi connectivity index (χ2v) is 3.36. The molecule has 1 heterocycles. The van der Waals surface area contributed by atoms with Crippen LogP contribution >= 0.6 is 0 Å². The van der Waals surface area contributed by atoms with Gasteiger partial charge in [0.1, 0.15) is 0 Å². The molecule has 1 heteroatoms. The Morgan fingerprint density at radius 2 is 2.18 bits per heavy atom. The zero-order valence-electron chi connectivity index (χ0n) is 7.11. The minimum Gasteiger partial charge on any atom is -0.362 e. The summed E-state index contributed by atoms with van der Waals surface area (Å²) < 4.78 is 0. The zero-order chi connectivity index (χ0) is 7.68. The lowest BCUT2D eigenvalue weighted by Gasteiger charge is -2.09. The Labute approximate surface area is 67.8 Å². The number of hydrogen-bond acceptors (Lipinski definition) is 0. The van der Waals surface area contributed by atoms with Crippen LogP contribution in [0.5, 0.6) is 0 Å². The van der Waals surface area contributed by atoms with Crippen molar-refractivity contribution in [1.29, 1.82) is 0 Å². The quantitative estimate of drug-likeness (QED) is 0.631. The molecule has 60 valence electrons. The third kappa shape index (κ3) is 1.20. The maximum atomic E-state index is 3.48. The molecule has 0 spiro atoms. The summed E-state index contributed by atoms with van der Waals surface area (Å²) in [6.07, 6.45) is 6.47. The van der Waals surface area contributed by atoms with Crippen molar-refractivity contribution >= 4 is 0 Å². The molecule has 0 bridgehead atoms. The Hall–Kier alpha value is -0.720. The van der Waals surface area contributed by atoms with Gasteiger partial charge < -0.3 is 4.98 Å². The van der Waals surface area contributed by atoms with Crippen molar-refractivity contribution in [2.75, 3.05) is 0 Å². The smallest absolute Gasteiger partial charge is 0.0181 e. The number of aromatic nitrogens is 1. The lowest BCUT2D eigenvalue weighted by molar-refractivity contribution is 0.676. The first-order valence-electron chi connectivity index (χ1n) is 4.60. The topological polar surface area (TPSA) is 15.8 Å². The van der Waals surface area contributed by atoms with Gasteiger partial charge in [0, 0.05) is 11.4 Å². The summed E-state index contributed by atoms with van der Waals surface area (Å²) in [6.45, 7) is 2.21. The van der Waals surface area contributed by atoms with Crippen molar-refractivity contribution in [3.05, 3.63) is 23.0 Å². The number of aryl methyl sites for hydroxylation is 3. The van der Waals surface area contributed by atoms with E-state index in [9.17, 15) is 0 Å². The van der Waals surface area contributed by atoms with Crippen LogP contribution in [0.15, 0.2) is 6.07 Å². The molecule has 0 aliphatic heterocycles. The first kappa shape index (κ1) is 6.96. The zero-order valence-corrected chi connectivity index (χ0v) is 7.11. The van der Waals surface area contributed by atoms with E-state index in [-0.39, 0.29) is 0 Å². The highest BCUT2D eigenvalue weighted by atomic mass is 14.7. The van der Waals surface area contributed by atoms with Crippen LogP contribution in [0.2, 0.25) is 0 Å². The predicted octanol–water partition coefficient (Wildman–Crippen LogP) is 2.46. The van der Waals surface area contributed by atoms with E-state index in [2.05, 4.69) is 18.0 Å². The minimum atomic E-state index is 1.15. The molecule has 0 aromatic carbocycles. The fourth-order valence-electron chi connectivity index (χ4n) is 1.86. The molecule has 0 saturated carbocycles. The molecule has 0 fully saturated rings. The van der Waals surface area contributed by atoms with E-state index in [1.54, 1.807) is 5.56 Å². The summed E-state index contributed by atoms with van der Waals surface area (Å²) in [5.74, 6) is 0. The fraction of sp³-hybridized carbons (Fsp3) is 0.600. The van der Waals surface area contributed by atoms with Gasteiger partial charge in [-0.25, -0.2) is 0 Å². The maximum Gasteiger partial charge on any atom is 0.0181 e. The number of H-pyrrole nitrogens is 1. The van der Waals surface area contributed by atoms with Gasteiger partial charge in [-0.1, -0.05) is 6.92 Å². The second kappa shape index (κ2) is 2.72. The van der Waals surface area contributed by atoms with Crippen LogP contribution in [0.25, 0.3) is 0 Å². The Morgan fingerprint density at radius 1 is 1.36 bits per heavy atom. The molecule has 1 aromatic rings. The van der Waals surface area contributed by atoms with Gasteiger partial charge in [0.2, 0.25) is 0 Å². The number of fused-ring (bicyclic) bond motifs is 1. The highest BCUT2D eigenvalue weighted by molar-refractivity contribution is 5.27. The minimum absolute atomic E-state index is 1.15. The lowest BCUT2D eigenvalue weighted by Crippen LogP contribution is -1.99. The first-order chi connectivity index (χ1) is 5.40. The normalized spacial score (nSPS) is 16.5. The summed E-state index contributed by atoms with van der Waals surface area (Å²) in [5.41, 5.74) is 4.50. The van der Waals surface area contributed by atoms with Crippen molar-refractivity contribution in [2.45, 2.75) is 39.0 Å². The molecule has 1 N–H and O–H groups in total. The van der Waals surface area contributed by atoms with E-state index >= 15 is 0 Å². The number of aromatic amines is 1. The van der Waals surface area contributed by atoms with Crippen LogP contribution in [0.3, 0.4) is 0 Å². The molecule has 0 radical (unpaired) electrons. The third-order valence-corrected chi connectivity index (χ3v) is 2.55. The Kier molecular flexibility index (Phi) is 1.72. The van der Waals surface area contributed by atoms with E-state index in [1.807, 2.05) is 0 Å². The summed E-state index contributed by atoms with van der Waals surface area (Å²) in [6, 6.07) is 2.34. The van der Waals surface area contributed by atoms with E-state index in [0.29, 0.717) is 0 Å². The Bertz CT molecular complexity index is 224. The molecule has 2 rings (SSSR count). The van der Waals surface area contributed by atoms with Crippen LogP contribution in [-0.4, -0.2) is 4.98 Å². The summed E-state index contributed by atoms with van der Waals surface area (Å²) in [4.78, 5) is 3.48. The van der Waals surface area contributed by atoms with Crippen LogP contribution in [0.4, 0.5) is 0 Å². The number of rotatable bonds is 1. The summed E-state index contributed by atoms with van der Waals surface area (Å²) >= 11 is 0. The SMILES string of the molecule is CCc1cc2c([nH]1)CCCC2. The van der Waals surface area contributed by atoms with Crippen molar-refractivity contribution in [3.63, 3.8) is 0 Å². The van der Waals surface area contributed by atoms with Crippen LogP contribution < -0.4 is 0 Å². The summed E-state index contributed by atoms with van der Waals surface area (Å²) in [7, 11) is 0. The third-order valence-electron chi connectivity index (χ3n) is 2.55. The number of nitrogens with one attached hydrogen (secondary N) is 1. The molecular weight excluding hydrogens is 134 g/mol. The average Bonchev–Trinajstić information content (AvgIpc) is 2.46. The molecule has 0 atom stereocenters. The van der Waals surface area contributed by atoms with E-state index < -0.39 is 0 Å². The van der Waals surface area contributed by atoms with Gasteiger partial charge in [-0.3, -0.25) is 0 Å². The van der Waals surface area contributed by atoms with Crippen molar-refractivity contribution in [3.8, 4) is 0 Å². The van der Waals surface area contributed by atoms with Crippen molar-refractivity contribution in [2.24, 2.45) is 0 Å². The molecule has 0 amide bonds. The molecule has 1 nitrogen and oxygen atoms in total. The molecule has 1 aromatic heterocycles. The first-order valence-corrected chi connectivity index (χ1v) is 4.60. The highest BCUT2D eigenvalue weighted by Crippen LogP contribution is 2.21. The molecule has 0 saturated heterocycles. The van der Waals surface area contributed by atoms with Gasteiger partial charge in [0.25, 0.3) is 0 Å². The number of hydrogen-bond donors (Lipinski definition) is 1. The second-order valence-electron chi connectivity index (χ2n) is 3.36. The Balaban J connectivity index is 2.32. The summed E-state index contributed by atoms with van der Waals surface area (Å²) in [5, 5.41) is 0. The van der Waals surface area contributed by atoms with Crippen LogP contribution in [0, 0.1) is 0 Å². The molecule has 1 aliphatic carbocycles. The van der Waals surface area contributed by atoms with Gasteiger partial charge in [-0.15, -0.1) is 0 Å². The molecule has 0 unspecified atom stereocenters. The van der Waals surface area contributed by atoms with Gasteiger partial charge in [-0.2, -0.15) is 0 Å². The Morgan fingerprint density at radius 3 is 2.91 bits per heavy atom. The predicted molar refractivity (Wildman–Crippen MR) is 46.8 cm³/mol. The van der Waals surface area contributed by atoms with Crippen molar-refractivity contribution in [1.82, 2.24) is 4.98 Å². The van der Waals surface area contributed by atoms with E-state index in [1.165, 1.54) is 37.1 Å². The van der Waals surface area contributed by atoms with Gasteiger partial charge >= 0.3 is 0 Å². The van der Waals surface area contributed by atoms with Crippen molar-refractivity contribution < 1.29 is 0 Å². The fourth-order valence-corrected chi connectivity index (χ4v) is 1.86. The standard InChI is InChI=1S/C10H15N/c1-2-9-7-8-5-3-4-6-10(8)11-9/h7,11H,2-6H2,1H3. The van der Waals surface area contributed by atoms with E-state index in [4.69, 9.17) is 0 Å². The molecule has 1 aliphatic rings. The molecular formula is C10H15N. The largest absolute Gasteiger partial charge is 0.362 e. The molecule has 11 heavy (non-hydrogen) atoms. The maximum absolute atomic E-state index is 3.48. The highest BCUT2D eigenvalue weighted by Gasteiger charge is 2.10. The van der Waals surface area contributed by atoms with Gasteiger partial charge in [0.15, 0.2) is 0 Å². The average molecular weight is 149 g/mol. The monoisotopic (exact) mass is 149 g/mol. The van der Waals surface area contributed by atoms with Gasteiger partial charge in [0.05, 0.1) is 0 Å².